The number of hydrogen-bond acceptors (Lipinski definition) is 5. The van der Waals surface area contributed by atoms with Gasteiger partial charge in [0.05, 0.1) is 26.4 Å². The Balaban J connectivity index is 0.00000320. The number of nitrogens with one attached hydrogen (secondary N) is 2. The zero-order valence-electron chi connectivity index (χ0n) is 18.8. The number of methoxy groups -OCH3 is 1. The molecule has 0 radical (unpaired) electrons. The number of rotatable bonds is 9. The minimum Gasteiger partial charge on any atom is -0.497 e. The van der Waals surface area contributed by atoms with Crippen molar-refractivity contribution in [2.24, 2.45) is 10.9 Å². The molecular formula is C22H38IN5O2. The summed E-state index contributed by atoms with van der Waals surface area (Å²) in [5, 5.41) is 7.09. The third kappa shape index (κ3) is 7.25. The van der Waals surface area contributed by atoms with E-state index in [1.165, 1.54) is 18.4 Å². The minimum atomic E-state index is 0. The number of hydrogen-bond donors (Lipinski definition) is 2. The molecule has 2 aliphatic rings. The van der Waals surface area contributed by atoms with E-state index in [4.69, 9.17) is 9.47 Å². The first kappa shape index (κ1) is 25.2. The van der Waals surface area contributed by atoms with Gasteiger partial charge < -0.3 is 25.0 Å². The highest BCUT2D eigenvalue weighted by molar-refractivity contribution is 14.0. The fourth-order valence-electron chi connectivity index (χ4n) is 4.04. The van der Waals surface area contributed by atoms with Gasteiger partial charge in [-0.25, -0.2) is 0 Å². The third-order valence-electron chi connectivity index (χ3n) is 5.98. The van der Waals surface area contributed by atoms with Gasteiger partial charge in [-0.3, -0.25) is 9.89 Å². The molecule has 170 valence electrons. The number of guanidine groups is 1. The first-order valence-corrected chi connectivity index (χ1v) is 10.7. The molecule has 1 aliphatic carbocycles. The van der Waals surface area contributed by atoms with Crippen LogP contribution >= 0.6 is 24.0 Å². The number of nitrogens with zero attached hydrogens (tertiary/aromatic N) is 3. The number of aliphatic imine (C=N–C) groups is 1. The first-order valence-electron chi connectivity index (χ1n) is 10.7. The average Bonchev–Trinajstić information content (AvgIpc) is 3.58. The van der Waals surface area contributed by atoms with Crippen molar-refractivity contribution in [2.45, 2.75) is 24.9 Å². The maximum atomic E-state index is 5.56. The van der Waals surface area contributed by atoms with Crippen LogP contribution in [0.1, 0.15) is 24.4 Å². The van der Waals surface area contributed by atoms with Gasteiger partial charge in [0.1, 0.15) is 5.75 Å². The van der Waals surface area contributed by atoms with E-state index in [1.807, 2.05) is 19.2 Å². The summed E-state index contributed by atoms with van der Waals surface area (Å²) in [6.45, 7) is 5.16. The summed E-state index contributed by atoms with van der Waals surface area (Å²) < 4.78 is 10.9. The smallest absolute Gasteiger partial charge is 0.191 e. The molecule has 8 heteroatoms. The maximum absolute atomic E-state index is 5.56. The monoisotopic (exact) mass is 531 g/mol. The topological polar surface area (TPSA) is 61.4 Å². The zero-order chi connectivity index (χ0) is 20.6. The molecule has 2 unspecified atom stereocenters. The number of halogens is 1. The lowest BCUT2D eigenvalue weighted by Gasteiger charge is -2.35. The molecule has 2 N–H and O–H groups in total. The Morgan fingerprint density at radius 2 is 1.80 bits per heavy atom. The van der Waals surface area contributed by atoms with E-state index in [2.05, 4.69) is 51.7 Å². The molecule has 0 amide bonds. The van der Waals surface area contributed by atoms with E-state index in [-0.39, 0.29) is 30.0 Å². The lowest BCUT2D eigenvalue weighted by Crippen LogP contribution is -2.49. The quantitative estimate of drug-likeness (QED) is 0.290. The summed E-state index contributed by atoms with van der Waals surface area (Å²) >= 11 is 0. The molecule has 2 atom stereocenters. The number of benzene rings is 1. The Morgan fingerprint density at radius 3 is 2.33 bits per heavy atom. The Kier molecular flexibility index (Phi) is 10.6. The van der Waals surface area contributed by atoms with Gasteiger partial charge in [-0.05, 0) is 50.6 Å². The molecule has 1 aliphatic heterocycles. The van der Waals surface area contributed by atoms with Crippen molar-refractivity contribution in [3.8, 4) is 5.75 Å². The van der Waals surface area contributed by atoms with E-state index in [1.54, 1.807) is 7.11 Å². The summed E-state index contributed by atoms with van der Waals surface area (Å²) in [7, 11) is 7.88. The van der Waals surface area contributed by atoms with Crippen LogP contribution in [0.3, 0.4) is 0 Å². The highest BCUT2D eigenvalue weighted by Crippen LogP contribution is 2.34. The maximum Gasteiger partial charge on any atom is 0.191 e. The van der Waals surface area contributed by atoms with Crippen molar-refractivity contribution < 1.29 is 9.47 Å². The van der Waals surface area contributed by atoms with Crippen LogP contribution in [0.25, 0.3) is 0 Å². The molecule has 7 nitrogen and oxygen atoms in total. The van der Waals surface area contributed by atoms with Crippen molar-refractivity contribution in [1.82, 2.24) is 20.4 Å². The second-order valence-corrected chi connectivity index (χ2v) is 8.14. The van der Waals surface area contributed by atoms with Crippen LogP contribution in [-0.2, 0) is 4.74 Å². The number of likely N-dealkylation sites (N-methyl/N-ethyl adjacent to an activating group) is 1. The fourth-order valence-corrected chi connectivity index (χ4v) is 4.04. The summed E-state index contributed by atoms with van der Waals surface area (Å²) in [5.74, 6) is 2.56. The molecule has 0 spiro atoms. The zero-order valence-corrected chi connectivity index (χ0v) is 21.1. The third-order valence-corrected chi connectivity index (χ3v) is 5.98. The predicted octanol–water partition coefficient (Wildman–Crippen LogP) is 2.19. The lowest BCUT2D eigenvalue weighted by molar-refractivity contribution is 0.0170. The standard InChI is InChI=1S/C22H37N5O2.HI/c1-23-22(24-15-20(26(2)3)17-5-6-17)25-16-21(27-11-13-29-14-12-27)18-7-9-19(28-4)10-8-18;/h7-10,17,20-21H,5-6,11-16H2,1-4H3,(H2,23,24,25);1H. The first-order chi connectivity index (χ1) is 14.1. The second-order valence-electron chi connectivity index (χ2n) is 8.14. The molecule has 1 heterocycles. The van der Waals surface area contributed by atoms with Gasteiger partial charge in [0.2, 0.25) is 0 Å². The molecule has 1 aromatic carbocycles. The van der Waals surface area contributed by atoms with Crippen molar-refractivity contribution >= 4 is 29.9 Å². The van der Waals surface area contributed by atoms with Crippen LogP contribution in [0, 0.1) is 5.92 Å². The van der Waals surface area contributed by atoms with Gasteiger partial charge in [0.15, 0.2) is 5.96 Å². The highest BCUT2D eigenvalue weighted by atomic mass is 127. The minimum absolute atomic E-state index is 0. The van der Waals surface area contributed by atoms with Crippen LogP contribution in [0.5, 0.6) is 5.75 Å². The molecule has 30 heavy (non-hydrogen) atoms. The van der Waals surface area contributed by atoms with Crippen LogP contribution in [0.4, 0.5) is 0 Å². The van der Waals surface area contributed by atoms with Crippen molar-refractivity contribution in [3.05, 3.63) is 29.8 Å². The van der Waals surface area contributed by atoms with Gasteiger partial charge in [0.25, 0.3) is 0 Å². The Hall–Kier alpha value is -1.10. The molecular weight excluding hydrogens is 493 g/mol. The summed E-state index contributed by atoms with van der Waals surface area (Å²) in [5.41, 5.74) is 1.28. The van der Waals surface area contributed by atoms with Crippen molar-refractivity contribution in [1.29, 1.82) is 0 Å². The van der Waals surface area contributed by atoms with Crippen molar-refractivity contribution in [2.75, 3.05) is 67.6 Å². The molecule has 1 saturated heterocycles. The molecule has 2 fully saturated rings. The van der Waals surface area contributed by atoms with Crippen LogP contribution < -0.4 is 15.4 Å². The Labute approximate surface area is 198 Å². The normalized spacial score (nSPS) is 19.7. The summed E-state index contributed by atoms with van der Waals surface area (Å²) in [4.78, 5) is 9.26. The van der Waals surface area contributed by atoms with Gasteiger partial charge in [-0.2, -0.15) is 0 Å². The largest absolute Gasteiger partial charge is 0.497 e. The lowest BCUT2D eigenvalue weighted by atomic mass is 10.0. The van der Waals surface area contributed by atoms with E-state index < -0.39 is 0 Å². The van der Waals surface area contributed by atoms with E-state index in [0.29, 0.717) is 6.04 Å². The van der Waals surface area contributed by atoms with E-state index in [0.717, 1.165) is 57.0 Å². The van der Waals surface area contributed by atoms with Crippen molar-refractivity contribution in [3.63, 3.8) is 0 Å². The molecule has 1 saturated carbocycles. The molecule has 1 aromatic rings. The highest BCUT2D eigenvalue weighted by Gasteiger charge is 2.32. The van der Waals surface area contributed by atoms with Gasteiger partial charge >= 0.3 is 0 Å². The Bertz CT molecular complexity index is 643. The van der Waals surface area contributed by atoms with Gasteiger partial charge in [-0.1, -0.05) is 12.1 Å². The number of morpholine rings is 1. The van der Waals surface area contributed by atoms with E-state index >= 15 is 0 Å². The van der Waals surface area contributed by atoms with Crippen LogP contribution in [0.2, 0.25) is 0 Å². The molecule has 3 rings (SSSR count). The average molecular weight is 531 g/mol. The SMILES string of the molecule is CN=C(NCC(C1CC1)N(C)C)NCC(c1ccc(OC)cc1)N1CCOCC1.I. The fraction of sp³-hybridized carbons (Fsp3) is 0.682. The Morgan fingerprint density at radius 1 is 1.17 bits per heavy atom. The van der Waals surface area contributed by atoms with E-state index in [9.17, 15) is 0 Å². The number of ether oxygens (including phenoxy) is 2. The predicted molar refractivity (Wildman–Crippen MR) is 133 cm³/mol. The second kappa shape index (κ2) is 12.7. The van der Waals surface area contributed by atoms with Crippen LogP contribution in [0.15, 0.2) is 29.3 Å². The van der Waals surface area contributed by atoms with Crippen LogP contribution in [-0.4, -0.2) is 89.4 Å². The van der Waals surface area contributed by atoms with Gasteiger partial charge in [0, 0.05) is 39.3 Å². The summed E-state index contributed by atoms with van der Waals surface area (Å²) in [6.07, 6.45) is 2.68. The molecule has 0 bridgehead atoms. The summed E-state index contributed by atoms with van der Waals surface area (Å²) in [6, 6.07) is 9.21. The molecule has 0 aromatic heterocycles. The van der Waals surface area contributed by atoms with Gasteiger partial charge in [-0.15, -0.1) is 24.0 Å².